The Labute approximate surface area is 104 Å². The number of aromatic nitrogens is 3. The van der Waals surface area contributed by atoms with Gasteiger partial charge in [0.25, 0.3) is 5.91 Å². The number of aliphatic hydroxyl groups excluding tert-OH is 1. The van der Waals surface area contributed by atoms with Crippen molar-refractivity contribution in [3.05, 3.63) is 42.2 Å². The van der Waals surface area contributed by atoms with E-state index in [0.717, 1.165) is 5.69 Å². The monoisotopic (exact) mass is 246 g/mol. The Bertz CT molecular complexity index is 522. The van der Waals surface area contributed by atoms with Gasteiger partial charge in [-0.1, -0.05) is 23.4 Å². The molecule has 1 heterocycles. The van der Waals surface area contributed by atoms with E-state index in [1.807, 2.05) is 30.3 Å². The lowest BCUT2D eigenvalue weighted by Crippen LogP contribution is -2.30. The molecule has 6 nitrogen and oxygen atoms in total. The summed E-state index contributed by atoms with van der Waals surface area (Å²) in [6.45, 7) is 1.79. The molecular weight excluding hydrogens is 232 g/mol. The molecule has 0 spiro atoms. The Morgan fingerprint density at radius 1 is 1.44 bits per heavy atom. The summed E-state index contributed by atoms with van der Waals surface area (Å²) in [6, 6.07) is 9.39. The van der Waals surface area contributed by atoms with Gasteiger partial charge in [-0.05, 0) is 19.1 Å². The standard InChI is InChI=1S/C12H14N4O2/c1-9(17)7-13-12(18)11-8-16(15-14-11)10-5-3-2-4-6-10/h2-6,8-9,17H,7H2,1H3,(H,13,18)/t9-/m0/s1. The van der Waals surface area contributed by atoms with Gasteiger partial charge in [-0.3, -0.25) is 4.79 Å². The molecule has 0 aliphatic rings. The van der Waals surface area contributed by atoms with Crippen molar-refractivity contribution in [3.63, 3.8) is 0 Å². The number of aliphatic hydroxyl groups is 1. The lowest BCUT2D eigenvalue weighted by molar-refractivity contribution is 0.0919. The number of benzene rings is 1. The first kappa shape index (κ1) is 12.3. The molecule has 0 unspecified atom stereocenters. The summed E-state index contributed by atoms with van der Waals surface area (Å²) in [7, 11) is 0. The normalized spacial score (nSPS) is 12.1. The molecule has 1 aromatic heterocycles. The number of amides is 1. The third-order valence-electron chi connectivity index (χ3n) is 2.30. The van der Waals surface area contributed by atoms with Gasteiger partial charge in [0.2, 0.25) is 0 Å². The lowest BCUT2D eigenvalue weighted by Gasteiger charge is -2.04. The first-order valence-electron chi connectivity index (χ1n) is 5.61. The van der Waals surface area contributed by atoms with Crippen LogP contribution in [0.3, 0.4) is 0 Å². The van der Waals surface area contributed by atoms with E-state index in [4.69, 9.17) is 5.11 Å². The second-order valence-corrected chi connectivity index (χ2v) is 3.94. The highest BCUT2D eigenvalue weighted by Gasteiger charge is 2.11. The zero-order valence-corrected chi connectivity index (χ0v) is 9.95. The SMILES string of the molecule is C[C@H](O)CNC(=O)c1cn(-c2ccccc2)nn1. The quantitative estimate of drug-likeness (QED) is 0.817. The molecule has 94 valence electrons. The molecule has 0 bridgehead atoms. The zero-order chi connectivity index (χ0) is 13.0. The number of carbonyl (C=O) groups is 1. The number of hydrogen-bond donors (Lipinski definition) is 2. The first-order chi connectivity index (χ1) is 8.66. The van der Waals surface area contributed by atoms with Gasteiger partial charge in [0.1, 0.15) is 0 Å². The Morgan fingerprint density at radius 3 is 2.83 bits per heavy atom. The second-order valence-electron chi connectivity index (χ2n) is 3.94. The number of hydrogen-bond acceptors (Lipinski definition) is 4. The summed E-state index contributed by atoms with van der Waals surface area (Å²) in [5.74, 6) is -0.349. The Morgan fingerprint density at radius 2 is 2.17 bits per heavy atom. The predicted molar refractivity (Wildman–Crippen MR) is 65.4 cm³/mol. The minimum absolute atomic E-state index is 0.191. The van der Waals surface area contributed by atoms with Crippen LogP contribution >= 0.6 is 0 Å². The van der Waals surface area contributed by atoms with E-state index in [1.54, 1.807) is 13.1 Å². The summed E-state index contributed by atoms with van der Waals surface area (Å²) in [5.41, 5.74) is 1.05. The van der Waals surface area contributed by atoms with Crippen molar-refractivity contribution in [2.75, 3.05) is 6.54 Å². The number of carbonyl (C=O) groups excluding carboxylic acids is 1. The molecule has 6 heteroatoms. The predicted octanol–water partition coefficient (Wildman–Crippen LogP) is 0.378. The summed E-state index contributed by atoms with van der Waals surface area (Å²) in [5, 5.41) is 19.3. The number of nitrogens with zero attached hydrogens (tertiary/aromatic N) is 3. The van der Waals surface area contributed by atoms with Crippen molar-refractivity contribution < 1.29 is 9.90 Å². The second kappa shape index (κ2) is 5.42. The fourth-order valence-electron chi connectivity index (χ4n) is 1.41. The largest absolute Gasteiger partial charge is 0.392 e. The van der Waals surface area contributed by atoms with Crippen LogP contribution in [0.15, 0.2) is 36.5 Å². The van der Waals surface area contributed by atoms with Crippen LogP contribution in [0.2, 0.25) is 0 Å². The van der Waals surface area contributed by atoms with E-state index >= 15 is 0 Å². The van der Waals surface area contributed by atoms with E-state index in [2.05, 4.69) is 15.6 Å². The van der Waals surface area contributed by atoms with Crippen molar-refractivity contribution >= 4 is 5.91 Å². The molecule has 0 saturated heterocycles. The molecule has 0 aliphatic carbocycles. The third kappa shape index (κ3) is 2.92. The maximum atomic E-state index is 11.7. The highest BCUT2D eigenvalue weighted by molar-refractivity contribution is 5.91. The summed E-state index contributed by atoms with van der Waals surface area (Å²) in [6.07, 6.45) is 0.963. The molecule has 0 aliphatic heterocycles. The Balaban J connectivity index is 2.09. The van der Waals surface area contributed by atoms with E-state index in [0.29, 0.717) is 0 Å². The van der Waals surface area contributed by atoms with Gasteiger partial charge in [-0.15, -0.1) is 5.10 Å². The average Bonchev–Trinajstić information content (AvgIpc) is 2.86. The fourth-order valence-corrected chi connectivity index (χ4v) is 1.41. The van der Waals surface area contributed by atoms with Crippen molar-refractivity contribution in [1.29, 1.82) is 0 Å². The van der Waals surface area contributed by atoms with Crippen LogP contribution in [0.1, 0.15) is 17.4 Å². The third-order valence-corrected chi connectivity index (χ3v) is 2.30. The molecule has 0 fully saturated rings. The highest BCUT2D eigenvalue weighted by atomic mass is 16.3. The van der Waals surface area contributed by atoms with Gasteiger partial charge in [-0.25, -0.2) is 4.68 Å². The van der Waals surface area contributed by atoms with Crippen molar-refractivity contribution in [2.24, 2.45) is 0 Å². The summed E-state index contributed by atoms with van der Waals surface area (Å²) in [4.78, 5) is 11.7. The number of rotatable bonds is 4. The van der Waals surface area contributed by atoms with Crippen LogP contribution in [0.5, 0.6) is 0 Å². The zero-order valence-electron chi connectivity index (χ0n) is 9.95. The fraction of sp³-hybridized carbons (Fsp3) is 0.250. The van der Waals surface area contributed by atoms with Crippen LogP contribution in [0.4, 0.5) is 0 Å². The molecule has 1 atom stereocenters. The minimum Gasteiger partial charge on any atom is -0.392 e. The minimum atomic E-state index is -0.585. The maximum absolute atomic E-state index is 11.7. The van der Waals surface area contributed by atoms with Gasteiger partial charge in [-0.2, -0.15) is 0 Å². The molecule has 2 rings (SSSR count). The molecule has 0 radical (unpaired) electrons. The molecule has 2 aromatic rings. The Kier molecular flexibility index (Phi) is 3.69. The highest BCUT2D eigenvalue weighted by Crippen LogP contribution is 2.05. The Hall–Kier alpha value is -2.21. The van der Waals surface area contributed by atoms with Crippen LogP contribution < -0.4 is 5.32 Å². The van der Waals surface area contributed by atoms with E-state index < -0.39 is 6.10 Å². The summed E-state index contributed by atoms with van der Waals surface area (Å²) >= 11 is 0. The van der Waals surface area contributed by atoms with Crippen LogP contribution in [-0.4, -0.2) is 38.7 Å². The molecule has 2 N–H and O–H groups in total. The molecular formula is C12H14N4O2. The number of para-hydroxylation sites is 1. The van der Waals surface area contributed by atoms with Crippen molar-refractivity contribution in [1.82, 2.24) is 20.3 Å². The van der Waals surface area contributed by atoms with E-state index in [1.165, 1.54) is 4.68 Å². The van der Waals surface area contributed by atoms with Crippen molar-refractivity contribution in [2.45, 2.75) is 13.0 Å². The lowest BCUT2D eigenvalue weighted by atomic mass is 10.3. The van der Waals surface area contributed by atoms with Crippen LogP contribution in [-0.2, 0) is 0 Å². The molecule has 1 aromatic carbocycles. The molecule has 0 saturated carbocycles. The molecule has 18 heavy (non-hydrogen) atoms. The van der Waals surface area contributed by atoms with E-state index in [-0.39, 0.29) is 18.1 Å². The maximum Gasteiger partial charge on any atom is 0.273 e. The van der Waals surface area contributed by atoms with Crippen LogP contribution in [0, 0.1) is 0 Å². The smallest absolute Gasteiger partial charge is 0.273 e. The first-order valence-corrected chi connectivity index (χ1v) is 5.61. The molecule has 1 amide bonds. The van der Waals surface area contributed by atoms with E-state index in [9.17, 15) is 4.79 Å². The van der Waals surface area contributed by atoms with Gasteiger partial charge < -0.3 is 10.4 Å². The van der Waals surface area contributed by atoms with Gasteiger partial charge in [0.15, 0.2) is 5.69 Å². The van der Waals surface area contributed by atoms with Crippen LogP contribution in [0.25, 0.3) is 5.69 Å². The van der Waals surface area contributed by atoms with Crippen molar-refractivity contribution in [3.8, 4) is 5.69 Å². The van der Waals surface area contributed by atoms with Gasteiger partial charge >= 0.3 is 0 Å². The van der Waals surface area contributed by atoms with Gasteiger partial charge in [0, 0.05) is 6.54 Å². The van der Waals surface area contributed by atoms with Gasteiger partial charge in [0.05, 0.1) is 18.0 Å². The number of nitrogens with one attached hydrogen (secondary N) is 1. The topological polar surface area (TPSA) is 80.0 Å². The summed E-state index contributed by atoms with van der Waals surface area (Å²) < 4.78 is 1.53. The average molecular weight is 246 g/mol.